The van der Waals surface area contributed by atoms with Crippen molar-refractivity contribution in [3.8, 4) is 11.5 Å². The molecule has 0 amide bonds. The maximum atomic E-state index is 13.7. The summed E-state index contributed by atoms with van der Waals surface area (Å²) in [7, 11) is 1.60. The first kappa shape index (κ1) is 18.7. The number of methoxy groups -OCH3 is 1. The van der Waals surface area contributed by atoms with Crippen molar-refractivity contribution in [2.24, 2.45) is 0 Å². The van der Waals surface area contributed by atoms with Crippen molar-refractivity contribution in [3.63, 3.8) is 0 Å². The van der Waals surface area contributed by atoms with Gasteiger partial charge in [-0.25, -0.2) is 4.39 Å². The van der Waals surface area contributed by atoms with Crippen molar-refractivity contribution in [2.75, 3.05) is 13.7 Å². The molecule has 0 saturated heterocycles. The van der Waals surface area contributed by atoms with Crippen LogP contribution in [0.3, 0.4) is 0 Å². The maximum absolute atomic E-state index is 13.7. The van der Waals surface area contributed by atoms with Crippen LogP contribution < -0.4 is 14.8 Å². The molecule has 0 radical (unpaired) electrons. The SMILES string of the molecule is CCCCNCc1cc(OC)c(OCc2ccccc2F)cc1Br. The molecular weight excluding hydrogens is 373 g/mol. The molecular formula is C19H23BrFNO2. The Morgan fingerprint density at radius 1 is 1.12 bits per heavy atom. The summed E-state index contributed by atoms with van der Waals surface area (Å²) in [5, 5.41) is 3.40. The van der Waals surface area contributed by atoms with E-state index in [4.69, 9.17) is 9.47 Å². The first-order valence-electron chi connectivity index (χ1n) is 8.09. The van der Waals surface area contributed by atoms with E-state index >= 15 is 0 Å². The zero-order valence-electron chi connectivity index (χ0n) is 14.1. The predicted octanol–water partition coefficient (Wildman–Crippen LogP) is 5.07. The van der Waals surface area contributed by atoms with Gasteiger partial charge >= 0.3 is 0 Å². The van der Waals surface area contributed by atoms with Gasteiger partial charge in [0.2, 0.25) is 0 Å². The third-order valence-electron chi connectivity index (χ3n) is 3.70. The van der Waals surface area contributed by atoms with Crippen molar-refractivity contribution in [1.29, 1.82) is 0 Å². The normalized spacial score (nSPS) is 10.7. The minimum Gasteiger partial charge on any atom is -0.493 e. The Hall–Kier alpha value is -1.59. The van der Waals surface area contributed by atoms with Crippen LogP contribution in [-0.4, -0.2) is 13.7 Å². The lowest BCUT2D eigenvalue weighted by molar-refractivity contribution is 0.279. The number of ether oxygens (including phenoxy) is 2. The monoisotopic (exact) mass is 395 g/mol. The Balaban J connectivity index is 2.07. The average molecular weight is 396 g/mol. The Kier molecular flexibility index (Phi) is 7.53. The molecule has 0 unspecified atom stereocenters. The second kappa shape index (κ2) is 9.64. The fraction of sp³-hybridized carbons (Fsp3) is 0.368. The number of hydrogen-bond acceptors (Lipinski definition) is 3. The van der Waals surface area contributed by atoms with E-state index in [0.717, 1.165) is 29.5 Å². The van der Waals surface area contributed by atoms with Crippen LogP contribution in [0.15, 0.2) is 40.9 Å². The minimum absolute atomic E-state index is 0.156. The van der Waals surface area contributed by atoms with Crippen LogP contribution in [0.2, 0.25) is 0 Å². The van der Waals surface area contributed by atoms with E-state index in [9.17, 15) is 4.39 Å². The molecule has 0 spiro atoms. The first-order chi connectivity index (χ1) is 11.7. The molecule has 0 atom stereocenters. The van der Waals surface area contributed by atoms with Gasteiger partial charge in [-0.15, -0.1) is 0 Å². The van der Waals surface area contributed by atoms with Gasteiger partial charge in [0.25, 0.3) is 0 Å². The molecule has 2 aromatic carbocycles. The summed E-state index contributed by atoms with van der Waals surface area (Å²) in [6.45, 7) is 4.06. The fourth-order valence-corrected chi connectivity index (χ4v) is 2.74. The first-order valence-corrected chi connectivity index (χ1v) is 8.88. The molecule has 0 aliphatic rings. The van der Waals surface area contributed by atoms with Gasteiger partial charge in [-0.05, 0) is 36.7 Å². The minimum atomic E-state index is -0.271. The van der Waals surface area contributed by atoms with E-state index in [1.807, 2.05) is 12.1 Å². The van der Waals surface area contributed by atoms with E-state index in [0.29, 0.717) is 17.1 Å². The molecule has 0 saturated carbocycles. The molecule has 2 aromatic rings. The standard InChI is InChI=1S/C19H23BrFNO2/c1-3-4-9-22-12-15-10-18(23-2)19(11-16(15)20)24-13-14-7-5-6-8-17(14)21/h5-8,10-11,22H,3-4,9,12-13H2,1-2H3. The van der Waals surface area contributed by atoms with Crippen LogP contribution in [0.1, 0.15) is 30.9 Å². The molecule has 24 heavy (non-hydrogen) atoms. The van der Waals surface area contributed by atoms with E-state index in [1.54, 1.807) is 25.3 Å². The molecule has 0 fully saturated rings. The molecule has 0 aliphatic heterocycles. The molecule has 3 nitrogen and oxygen atoms in total. The van der Waals surface area contributed by atoms with E-state index in [2.05, 4.69) is 28.2 Å². The highest BCUT2D eigenvalue weighted by Gasteiger charge is 2.11. The Morgan fingerprint density at radius 3 is 2.62 bits per heavy atom. The summed E-state index contributed by atoms with van der Waals surface area (Å²) in [5.41, 5.74) is 1.61. The second-order valence-corrected chi connectivity index (χ2v) is 6.36. The zero-order valence-corrected chi connectivity index (χ0v) is 15.7. The van der Waals surface area contributed by atoms with E-state index in [1.165, 1.54) is 12.5 Å². The second-order valence-electron chi connectivity index (χ2n) is 5.50. The number of benzene rings is 2. The quantitative estimate of drug-likeness (QED) is 0.601. The third kappa shape index (κ3) is 5.21. The molecule has 130 valence electrons. The lowest BCUT2D eigenvalue weighted by Gasteiger charge is -2.15. The molecule has 0 aromatic heterocycles. The number of hydrogen-bond donors (Lipinski definition) is 1. The van der Waals surface area contributed by atoms with Crippen LogP contribution in [0.4, 0.5) is 4.39 Å². The molecule has 0 heterocycles. The average Bonchev–Trinajstić information content (AvgIpc) is 2.59. The van der Waals surface area contributed by atoms with Crippen molar-refractivity contribution >= 4 is 15.9 Å². The van der Waals surface area contributed by atoms with Crippen molar-refractivity contribution in [3.05, 3.63) is 57.8 Å². The van der Waals surface area contributed by atoms with Gasteiger partial charge in [-0.2, -0.15) is 0 Å². The number of rotatable bonds is 9. The molecule has 2 rings (SSSR count). The van der Waals surface area contributed by atoms with Crippen molar-refractivity contribution in [2.45, 2.75) is 32.9 Å². The maximum Gasteiger partial charge on any atom is 0.162 e. The summed E-state index contributed by atoms with van der Waals surface area (Å²) < 4.78 is 25.8. The largest absolute Gasteiger partial charge is 0.493 e. The molecule has 0 bridgehead atoms. The molecule has 0 aliphatic carbocycles. The van der Waals surface area contributed by atoms with E-state index < -0.39 is 0 Å². The van der Waals surface area contributed by atoms with Crippen LogP contribution in [-0.2, 0) is 13.2 Å². The van der Waals surface area contributed by atoms with Gasteiger partial charge in [0.1, 0.15) is 12.4 Å². The van der Waals surface area contributed by atoms with Crippen molar-refractivity contribution in [1.82, 2.24) is 5.32 Å². The Morgan fingerprint density at radius 2 is 1.92 bits per heavy atom. The number of unbranched alkanes of at least 4 members (excludes halogenated alkanes) is 1. The third-order valence-corrected chi connectivity index (χ3v) is 4.43. The van der Waals surface area contributed by atoms with Crippen LogP contribution in [0, 0.1) is 5.82 Å². The summed E-state index contributed by atoms with van der Waals surface area (Å²) >= 11 is 3.57. The lowest BCUT2D eigenvalue weighted by Crippen LogP contribution is -2.15. The molecule has 5 heteroatoms. The summed E-state index contributed by atoms with van der Waals surface area (Å²) in [6.07, 6.45) is 2.32. The predicted molar refractivity (Wildman–Crippen MR) is 98.0 cm³/mol. The Labute approximate surface area is 151 Å². The lowest BCUT2D eigenvalue weighted by atomic mass is 10.2. The van der Waals surface area contributed by atoms with Gasteiger partial charge in [0.05, 0.1) is 7.11 Å². The van der Waals surface area contributed by atoms with Crippen LogP contribution >= 0.6 is 15.9 Å². The highest BCUT2D eigenvalue weighted by Crippen LogP contribution is 2.34. The van der Waals surface area contributed by atoms with Gasteiger partial charge in [0.15, 0.2) is 11.5 Å². The summed E-state index contributed by atoms with van der Waals surface area (Å²) in [4.78, 5) is 0. The zero-order chi connectivity index (χ0) is 17.4. The topological polar surface area (TPSA) is 30.5 Å². The summed E-state index contributed by atoms with van der Waals surface area (Å²) in [6, 6.07) is 10.4. The highest BCUT2D eigenvalue weighted by molar-refractivity contribution is 9.10. The van der Waals surface area contributed by atoms with Gasteiger partial charge in [-0.3, -0.25) is 0 Å². The molecule has 1 N–H and O–H groups in total. The van der Waals surface area contributed by atoms with Crippen LogP contribution in [0.25, 0.3) is 0 Å². The number of nitrogens with one attached hydrogen (secondary N) is 1. The fourth-order valence-electron chi connectivity index (χ4n) is 2.28. The van der Waals surface area contributed by atoms with Gasteiger partial charge in [0, 0.05) is 16.6 Å². The van der Waals surface area contributed by atoms with Crippen molar-refractivity contribution < 1.29 is 13.9 Å². The van der Waals surface area contributed by atoms with Gasteiger partial charge < -0.3 is 14.8 Å². The Bertz CT molecular complexity index is 664. The van der Waals surface area contributed by atoms with E-state index in [-0.39, 0.29) is 12.4 Å². The van der Waals surface area contributed by atoms with Crippen LogP contribution in [0.5, 0.6) is 11.5 Å². The highest BCUT2D eigenvalue weighted by atomic mass is 79.9. The smallest absolute Gasteiger partial charge is 0.162 e. The number of halogens is 2. The summed E-state index contributed by atoms with van der Waals surface area (Å²) in [5.74, 6) is 0.957. The van der Waals surface area contributed by atoms with Gasteiger partial charge in [-0.1, -0.05) is 47.5 Å².